The molecule has 52 heavy (non-hydrogen) atoms. The average Bonchev–Trinajstić information content (AvgIpc) is 3.41. The monoisotopic (exact) mass is 720 g/mol. The summed E-state index contributed by atoms with van der Waals surface area (Å²) in [6, 6.07) is 17.5. The van der Waals surface area contributed by atoms with Crippen LogP contribution in [0.2, 0.25) is 0 Å². The first kappa shape index (κ1) is 36.5. The van der Waals surface area contributed by atoms with Crippen LogP contribution in [0.4, 0.5) is 4.79 Å². The van der Waals surface area contributed by atoms with E-state index < -0.39 is 88.5 Å². The Morgan fingerprint density at radius 3 is 2.19 bits per heavy atom. The molecule has 0 spiro atoms. The molecule has 2 heterocycles. The molecule has 0 unspecified atom stereocenters. The van der Waals surface area contributed by atoms with Crippen LogP contribution in [0.5, 0.6) is 0 Å². The maximum Gasteiger partial charge on any atom is 0.509 e. The smallest absolute Gasteiger partial charge is 0.455 e. The van der Waals surface area contributed by atoms with Gasteiger partial charge in [0.15, 0.2) is 11.4 Å². The third kappa shape index (κ3) is 5.57. The van der Waals surface area contributed by atoms with Crippen molar-refractivity contribution in [3.63, 3.8) is 0 Å². The van der Waals surface area contributed by atoms with E-state index in [0.29, 0.717) is 11.1 Å². The number of carbonyl (C=O) groups is 3. The molecule has 4 fully saturated rings. The minimum absolute atomic E-state index is 0.0322. The minimum Gasteiger partial charge on any atom is -0.455 e. The Balaban J connectivity index is 1.42. The number of hydrogen-bond donors (Lipinski definition) is 2. The second-order valence-corrected chi connectivity index (χ2v) is 16.1. The van der Waals surface area contributed by atoms with Gasteiger partial charge in [-0.3, -0.25) is 4.79 Å². The lowest BCUT2D eigenvalue weighted by atomic mass is 9.44. The summed E-state index contributed by atoms with van der Waals surface area (Å²) in [5, 5.41) is 25.8. The standard InChI is InChI=1S/C40H48O12/c1-22-26(48-35(44)46-20-24-14-10-8-11-15-24)19-40(45)33(49-34(43)25-16-12-9-13-17-25)31-38(7,27(42)18-28-39(31,21-47-28)50-23(2)41)32-30(29(22)36(40,3)4)51-37(5,6)52-32/h8-17,26-28,30-33,42,45H,18-21H2,1-7H3/t26-,27-,28+,30+,31-,32+,33-,38+,39-,40+/m0/s1. The number of esters is 2. The molecule has 12 nitrogen and oxygen atoms in total. The van der Waals surface area contributed by atoms with Crippen LogP contribution < -0.4 is 0 Å². The second kappa shape index (κ2) is 12.7. The van der Waals surface area contributed by atoms with Gasteiger partial charge in [0, 0.05) is 30.6 Å². The van der Waals surface area contributed by atoms with Gasteiger partial charge in [-0.15, -0.1) is 0 Å². The first-order valence-electron chi connectivity index (χ1n) is 17.9. The molecule has 2 aromatic rings. The minimum atomic E-state index is -2.02. The third-order valence-electron chi connectivity index (χ3n) is 12.3. The lowest BCUT2D eigenvalue weighted by molar-refractivity contribution is -0.362. The number of hydrogen-bond acceptors (Lipinski definition) is 12. The summed E-state index contributed by atoms with van der Waals surface area (Å²) in [5.41, 5.74) is -3.86. The highest BCUT2D eigenvalue weighted by atomic mass is 16.8. The number of carbonyl (C=O) groups excluding carboxylic acids is 3. The summed E-state index contributed by atoms with van der Waals surface area (Å²) in [7, 11) is 0. The predicted octanol–water partition coefficient (Wildman–Crippen LogP) is 5.03. The number of benzene rings is 2. The molecule has 3 aliphatic carbocycles. The van der Waals surface area contributed by atoms with E-state index in [1.807, 2.05) is 58.0 Å². The summed E-state index contributed by atoms with van der Waals surface area (Å²) in [4.78, 5) is 40.5. The number of rotatable bonds is 6. The Labute approximate surface area is 303 Å². The molecule has 0 amide bonds. The van der Waals surface area contributed by atoms with E-state index in [4.69, 9.17) is 33.2 Å². The van der Waals surface area contributed by atoms with Crippen LogP contribution in [-0.4, -0.2) is 88.5 Å². The van der Waals surface area contributed by atoms with E-state index in [1.165, 1.54) is 6.92 Å². The van der Waals surface area contributed by atoms with Gasteiger partial charge in [-0.2, -0.15) is 0 Å². The molecule has 2 N–H and O–H groups in total. The molecule has 2 aromatic carbocycles. The normalized spacial score (nSPS) is 38.2. The van der Waals surface area contributed by atoms with Crippen LogP contribution in [0.15, 0.2) is 71.8 Å². The van der Waals surface area contributed by atoms with Crippen molar-refractivity contribution in [1.82, 2.24) is 0 Å². The first-order chi connectivity index (χ1) is 24.4. The molecule has 0 radical (unpaired) electrons. The van der Waals surface area contributed by atoms with E-state index in [9.17, 15) is 24.6 Å². The number of aliphatic hydroxyl groups is 2. The molecule has 7 rings (SSSR count). The Morgan fingerprint density at radius 1 is 0.923 bits per heavy atom. The van der Waals surface area contributed by atoms with Gasteiger partial charge in [-0.05, 0) is 49.6 Å². The highest BCUT2D eigenvalue weighted by molar-refractivity contribution is 5.89. The van der Waals surface area contributed by atoms with Crippen LogP contribution in [0.25, 0.3) is 0 Å². The zero-order valence-electron chi connectivity index (χ0n) is 30.6. The van der Waals surface area contributed by atoms with Crippen molar-refractivity contribution in [3.8, 4) is 0 Å². The van der Waals surface area contributed by atoms with Gasteiger partial charge < -0.3 is 43.4 Å². The highest BCUT2D eigenvalue weighted by Gasteiger charge is 2.79. The van der Waals surface area contributed by atoms with Crippen LogP contribution in [-0.2, 0) is 44.6 Å². The van der Waals surface area contributed by atoms with Crippen molar-refractivity contribution in [2.75, 3.05) is 6.61 Å². The summed E-state index contributed by atoms with van der Waals surface area (Å²) >= 11 is 0. The van der Waals surface area contributed by atoms with Gasteiger partial charge in [0.2, 0.25) is 0 Å². The lowest BCUT2D eigenvalue weighted by Crippen LogP contribution is -2.82. The molecule has 2 bridgehead atoms. The molecule has 12 heteroatoms. The average molecular weight is 721 g/mol. The maximum absolute atomic E-state index is 14.2. The Morgan fingerprint density at radius 2 is 1.58 bits per heavy atom. The maximum atomic E-state index is 14.2. The van der Waals surface area contributed by atoms with Gasteiger partial charge in [-0.25, -0.2) is 9.59 Å². The fourth-order valence-electron chi connectivity index (χ4n) is 9.75. The van der Waals surface area contributed by atoms with Gasteiger partial charge in [-0.1, -0.05) is 69.3 Å². The molecular weight excluding hydrogens is 672 g/mol. The van der Waals surface area contributed by atoms with Crippen molar-refractivity contribution in [2.24, 2.45) is 16.7 Å². The van der Waals surface area contributed by atoms with Crippen LogP contribution >= 0.6 is 0 Å². The summed E-state index contributed by atoms with van der Waals surface area (Å²) < 4.78 is 43.7. The Kier molecular flexibility index (Phi) is 8.89. The van der Waals surface area contributed by atoms with Gasteiger partial charge in [0.05, 0.1) is 30.3 Å². The van der Waals surface area contributed by atoms with E-state index in [0.717, 1.165) is 5.56 Å². The first-order valence-corrected chi connectivity index (χ1v) is 17.9. The van der Waals surface area contributed by atoms with Crippen molar-refractivity contribution in [1.29, 1.82) is 0 Å². The Hall–Kier alpha value is -3.81. The number of ether oxygens (including phenoxy) is 7. The van der Waals surface area contributed by atoms with Crippen LogP contribution in [0, 0.1) is 16.7 Å². The van der Waals surface area contributed by atoms with Gasteiger partial charge in [0.25, 0.3) is 0 Å². The topological polar surface area (TPSA) is 156 Å². The van der Waals surface area contributed by atoms with E-state index in [-0.39, 0.29) is 31.6 Å². The zero-order valence-corrected chi connectivity index (χ0v) is 30.6. The highest BCUT2D eigenvalue weighted by Crippen LogP contribution is 2.67. The quantitative estimate of drug-likeness (QED) is 0.234. The van der Waals surface area contributed by atoms with Crippen molar-refractivity contribution in [2.45, 2.75) is 122 Å². The zero-order chi connectivity index (χ0) is 37.4. The molecule has 2 aliphatic heterocycles. The Bertz CT molecular complexity index is 1760. The lowest BCUT2D eigenvalue weighted by Gasteiger charge is -2.68. The van der Waals surface area contributed by atoms with E-state index in [2.05, 4.69) is 0 Å². The van der Waals surface area contributed by atoms with E-state index >= 15 is 0 Å². The third-order valence-corrected chi connectivity index (χ3v) is 12.3. The fourth-order valence-corrected chi connectivity index (χ4v) is 9.75. The molecule has 10 atom stereocenters. The van der Waals surface area contributed by atoms with Crippen molar-refractivity contribution in [3.05, 3.63) is 82.9 Å². The molecular formula is C40H48O12. The van der Waals surface area contributed by atoms with Crippen LogP contribution in [0.1, 0.15) is 77.2 Å². The molecule has 0 aromatic heterocycles. The molecule has 280 valence electrons. The van der Waals surface area contributed by atoms with E-state index in [1.54, 1.807) is 44.2 Å². The summed E-state index contributed by atoms with van der Waals surface area (Å²) in [5.74, 6) is -3.61. The summed E-state index contributed by atoms with van der Waals surface area (Å²) in [6.07, 6.45) is -7.31. The number of fused-ring (bicyclic) bond motifs is 8. The SMILES string of the molecule is CC(=O)O[C@@]12CO[C@@H]1C[C@H](O)[C@@]1(C)[C@@H]3OC(C)(C)O[C@@H]3C3=C(C)[C@@H](OC(=O)OCc4ccccc4)C[C@@](O)([C@@H](OC(=O)c4ccccc4)[C@H]21)C3(C)C. The molecule has 2 saturated heterocycles. The predicted molar refractivity (Wildman–Crippen MR) is 183 cm³/mol. The van der Waals surface area contributed by atoms with Gasteiger partial charge in [0.1, 0.15) is 36.6 Å². The fraction of sp³-hybridized carbons (Fsp3) is 0.575. The second-order valence-electron chi connectivity index (χ2n) is 16.1. The van der Waals surface area contributed by atoms with Gasteiger partial charge >= 0.3 is 18.1 Å². The van der Waals surface area contributed by atoms with Crippen molar-refractivity contribution >= 4 is 18.1 Å². The molecule has 5 aliphatic rings. The number of aliphatic hydroxyl groups excluding tert-OH is 1. The van der Waals surface area contributed by atoms with Crippen LogP contribution in [0.3, 0.4) is 0 Å². The van der Waals surface area contributed by atoms with Crippen molar-refractivity contribution < 1.29 is 57.8 Å². The largest absolute Gasteiger partial charge is 0.509 e. The molecule has 2 saturated carbocycles. The summed E-state index contributed by atoms with van der Waals surface area (Å²) in [6.45, 7) is 12.0.